The summed E-state index contributed by atoms with van der Waals surface area (Å²) in [4.78, 5) is 12.9. The van der Waals surface area contributed by atoms with Crippen LogP contribution in [0.15, 0.2) is 72.4 Å². The Morgan fingerprint density at radius 3 is 1.72 bits per heavy atom. The van der Waals surface area contributed by atoms with Gasteiger partial charge in [0.15, 0.2) is 5.79 Å². The van der Waals surface area contributed by atoms with Crippen molar-refractivity contribution >= 4 is 5.97 Å². The number of aliphatic hydroxyl groups is 9. The van der Waals surface area contributed by atoms with Crippen LogP contribution in [0.3, 0.4) is 0 Å². The molecule has 2 aliphatic rings. The van der Waals surface area contributed by atoms with E-state index in [0.717, 1.165) is 6.42 Å². The van der Waals surface area contributed by atoms with E-state index in [4.69, 9.17) is 9.47 Å². The molecule has 0 aliphatic carbocycles. The van der Waals surface area contributed by atoms with Gasteiger partial charge in [0.1, 0.15) is 6.10 Å². The van der Waals surface area contributed by atoms with E-state index in [2.05, 4.69) is 0 Å². The summed E-state index contributed by atoms with van der Waals surface area (Å²) in [5.74, 6) is -2.47. The van der Waals surface area contributed by atoms with E-state index in [1.807, 2.05) is 51.2 Å². The molecule has 2 aliphatic heterocycles. The summed E-state index contributed by atoms with van der Waals surface area (Å²) in [6.45, 7) is 7.55. The quantitative estimate of drug-likeness (QED) is 0.147. The molecular formula is C41H66O12. The lowest BCUT2D eigenvalue weighted by Crippen LogP contribution is -2.48. The second kappa shape index (κ2) is 24.1. The molecule has 1 saturated heterocycles. The highest BCUT2D eigenvalue weighted by Crippen LogP contribution is 2.33. The topological polar surface area (TPSA) is 218 Å². The van der Waals surface area contributed by atoms with Crippen LogP contribution in [0.5, 0.6) is 0 Å². The Morgan fingerprint density at radius 1 is 0.698 bits per heavy atom. The van der Waals surface area contributed by atoms with Crippen molar-refractivity contribution in [2.45, 2.75) is 165 Å². The average molecular weight is 751 g/mol. The number of hydrogen-bond acceptors (Lipinski definition) is 12. The van der Waals surface area contributed by atoms with Crippen LogP contribution < -0.4 is 0 Å². The molecule has 12 heteroatoms. The van der Waals surface area contributed by atoms with Crippen LogP contribution in [0, 0.1) is 11.8 Å². The molecule has 0 spiro atoms. The number of aliphatic hydroxyl groups excluding tert-OH is 8. The van der Waals surface area contributed by atoms with Crippen molar-refractivity contribution in [1.82, 2.24) is 0 Å². The first kappa shape index (κ1) is 46.7. The highest BCUT2D eigenvalue weighted by molar-refractivity contribution is 5.88. The molecule has 302 valence electrons. The molecule has 0 aromatic rings. The predicted molar refractivity (Wildman–Crippen MR) is 202 cm³/mol. The Kier molecular flexibility index (Phi) is 21.2. The molecule has 1 fully saturated rings. The molecule has 12 nitrogen and oxygen atoms in total. The summed E-state index contributed by atoms with van der Waals surface area (Å²) < 4.78 is 11.7. The molecule has 0 aromatic carbocycles. The number of hydrogen-bond donors (Lipinski definition) is 9. The van der Waals surface area contributed by atoms with Crippen molar-refractivity contribution in [2.24, 2.45) is 11.8 Å². The van der Waals surface area contributed by atoms with E-state index in [-0.39, 0.29) is 63.2 Å². The number of cyclic esters (lactones) is 1. The van der Waals surface area contributed by atoms with Crippen molar-refractivity contribution in [1.29, 1.82) is 0 Å². The Balaban J connectivity index is 2.18. The molecular weight excluding hydrogens is 684 g/mol. The molecule has 0 radical (unpaired) electrons. The van der Waals surface area contributed by atoms with Crippen LogP contribution in [0.2, 0.25) is 0 Å². The van der Waals surface area contributed by atoms with E-state index in [0.29, 0.717) is 18.4 Å². The highest BCUT2D eigenvalue weighted by Gasteiger charge is 2.41. The van der Waals surface area contributed by atoms with Crippen LogP contribution in [0.25, 0.3) is 0 Å². The molecule has 0 saturated carbocycles. The van der Waals surface area contributed by atoms with Gasteiger partial charge in [0, 0.05) is 37.2 Å². The summed E-state index contributed by atoms with van der Waals surface area (Å²) >= 11 is 0. The number of ether oxygens (including phenoxy) is 2. The standard InChI is InChI=1S/C41H66O12/c1-5-27(2)39-28(3)16-17-30(42)18-31(43)19-32(44)20-33(45)21-34(46)22-35(47)23-36(48)25-41(51)26-37(49)24-38(53-41)15-13-11-9-7-6-8-10-12-14-29(4)40(50)52-39/h6-14,16-17,27-28,30-39,42-49,51H,5,15,18-26H2,1-4H3. The molecule has 13 unspecified atom stereocenters. The maximum absolute atomic E-state index is 12.9. The van der Waals surface area contributed by atoms with Crippen molar-refractivity contribution in [2.75, 3.05) is 0 Å². The van der Waals surface area contributed by atoms with Gasteiger partial charge in [-0.15, -0.1) is 0 Å². The lowest BCUT2D eigenvalue weighted by Gasteiger charge is -2.40. The first-order chi connectivity index (χ1) is 25.0. The molecule has 0 amide bonds. The number of rotatable bonds is 2. The van der Waals surface area contributed by atoms with E-state index in [1.165, 1.54) is 6.08 Å². The van der Waals surface area contributed by atoms with E-state index in [1.54, 1.807) is 37.3 Å². The van der Waals surface area contributed by atoms with Crippen LogP contribution in [0.1, 0.15) is 98.3 Å². The lowest BCUT2D eigenvalue weighted by molar-refractivity contribution is -0.282. The summed E-state index contributed by atoms with van der Waals surface area (Å²) in [7, 11) is 0. The molecule has 2 heterocycles. The van der Waals surface area contributed by atoms with Gasteiger partial charge in [-0.25, -0.2) is 4.79 Å². The van der Waals surface area contributed by atoms with Crippen LogP contribution in [-0.4, -0.2) is 119 Å². The molecule has 9 N–H and O–H groups in total. The fourth-order valence-electron chi connectivity index (χ4n) is 6.80. The third kappa shape index (κ3) is 19.1. The maximum atomic E-state index is 12.9. The molecule has 0 aromatic heterocycles. The number of allylic oxidation sites excluding steroid dienone is 8. The number of carbonyl (C=O) groups excluding carboxylic acids is 1. The Morgan fingerprint density at radius 2 is 1.17 bits per heavy atom. The zero-order chi connectivity index (χ0) is 39.6. The van der Waals surface area contributed by atoms with Gasteiger partial charge in [-0.3, -0.25) is 0 Å². The minimum absolute atomic E-state index is 0.0326. The second-order valence-corrected chi connectivity index (χ2v) is 15.1. The number of carbonyl (C=O) groups is 1. The van der Waals surface area contributed by atoms with Gasteiger partial charge >= 0.3 is 5.97 Å². The second-order valence-electron chi connectivity index (χ2n) is 15.1. The summed E-state index contributed by atoms with van der Waals surface area (Å²) in [6.07, 6.45) is 9.84. The van der Waals surface area contributed by atoms with Gasteiger partial charge in [-0.05, 0) is 51.4 Å². The molecule has 13 atom stereocenters. The smallest absolute Gasteiger partial charge is 0.334 e. The van der Waals surface area contributed by atoms with Gasteiger partial charge in [0.2, 0.25) is 0 Å². The zero-order valence-corrected chi connectivity index (χ0v) is 31.8. The van der Waals surface area contributed by atoms with E-state index in [9.17, 15) is 50.8 Å². The highest BCUT2D eigenvalue weighted by atomic mass is 16.6. The minimum Gasteiger partial charge on any atom is -0.458 e. The number of esters is 1. The first-order valence-electron chi connectivity index (χ1n) is 19.1. The summed E-state index contributed by atoms with van der Waals surface area (Å²) in [6, 6.07) is 0. The van der Waals surface area contributed by atoms with Crippen LogP contribution >= 0.6 is 0 Å². The Hall–Kier alpha value is -2.49. The van der Waals surface area contributed by atoms with Gasteiger partial charge < -0.3 is 55.4 Å². The van der Waals surface area contributed by atoms with Gasteiger partial charge in [0.25, 0.3) is 0 Å². The van der Waals surface area contributed by atoms with Crippen LogP contribution in [0.4, 0.5) is 0 Å². The van der Waals surface area contributed by atoms with Gasteiger partial charge in [0.05, 0.1) is 54.9 Å². The van der Waals surface area contributed by atoms with Crippen molar-refractivity contribution in [3.8, 4) is 0 Å². The lowest BCUT2D eigenvalue weighted by atomic mass is 9.90. The SMILES string of the molecule is CCC(C)C1OC(=O)C(C)=CC=CC=CC=CC=CCC2CC(O)CC(O)(CC(O)CC(O)CC(O)CC(O)CC(O)CC(O)CC(O)C=CC1C)O2. The minimum atomic E-state index is -1.81. The van der Waals surface area contributed by atoms with Gasteiger partial charge in [-0.2, -0.15) is 0 Å². The fourth-order valence-corrected chi connectivity index (χ4v) is 6.80. The molecule has 2 rings (SSSR count). The van der Waals surface area contributed by atoms with Crippen molar-refractivity contribution in [3.63, 3.8) is 0 Å². The third-order valence-corrected chi connectivity index (χ3v) is 9.74. The Labute approximate surface area is 315 Å². The molecule has 2 bridgehead atoms. The largest absolute Gasteiger partial charge is 0.458 e. The Bertz CT molecular complexity index is 1240. The fraction of sp³-hybridized carbons (Fsp3) is 0.683. The summed E-state index contributed by atoms with van der Waals surface area (Å²) in [5, 5.41) is 95.1. The van der Waals surface area contributed by atoms with Crippen LogP contribution in [-0.2, 0) is 14.3 Å². The molecule has 53 heavy (non-hydrogen) atoms. The number of fused-ring (bicyclic) bond motifs is 2. The van der Waals surface area contributed by atoms with Crippen molar-refractivity contribution in [3.05, 3.63) is 72.4 Å². The first-order valence-corrected chi connectivity index (χ1v) is 19.1. The zero-order valence-electron chi connectivity index (χ0n) is 31.8. The van der Waals surface area contributed by atoms with E-state index >= 15 is 0 Å². The van der Waals surface area contributed by atoms with Crippen molar-refractivity contribution < 1.29 is 60.2 Å². The predicted octanol–water partition coefficient (Wildman–Crippen LogP) is 3.20. The average Bonchev–Trinajstić information content (AvgIpc) is 3.04. The summed E-state index contributed by atoms with van der Waals surface area (Å²) in [5.41, 5.74) is 0.421. The maximum Gasteiger partial charge on any atom is 0.334 e. The monoisotopic (exact) mass is 750 g/mol. The van der Waals surface area contributed by atoms with Gasteiger partial charge in [-0.1, -0.05) is 94.0 Å². The normalized spacial score (nSPS) is 38.0. The van der Waals surface area contributed by atoms with E-state index < -0.39 is 72.8 Å². The third-order valence-electron chi connectivity index (χ3n) is 9.74.